The Bertz CT molecular complexity index is 948. The van der Waals surface area contributed by atoms with Crippen molar-refractivity contribution in [3.05, 3.63) is 29.3 Å². The summed E-state index contributed by atoms with van der Waals surface area (Å²) in [5, 5.41) is 3.26. The van der Waals surface area contributed by atoms with Crippen LogP contribution in [-0.2, 0) is 17.5 Å². The molecule has 1 amide bonds. The van der Waals surface area contributed by atoms with Crippen LogP contribution in [0.2, 0.25) is 0 Å². The van der Waals surface area contributed by atoms with Crippen molar-refractivity contribution in [3.63, 3.8) is 0 Å². The number of halogens is 9. The molecule has 0 saturated carbocycles. The third-order valence-corrected chi connectivity index (χ3v) is 7.18. The van der Waals surface area contributed by atoms with E-state index in [1.54, 1.807) is 6.92 Å². The van der Waals surface area contributed by atoms with Crippen LogP contribution in [0.25, 0.3) is 0 Å². The second-order valence-electron chi connectivity index (χ2n) is 10.3. The van der Waals surface area contributed by atoms with Gasteiger partial charge in [0.2, 0.25) is 0 Å². The Morgan fingerprint density at radius 3 is 2.05 bits per heavy atom. The minimum atomic E-state index is -5.80. The molecule has 0 aliphatic carbocycles. The molecule has 2 fully saturated rings. The fraction of sp³-hybridized carbons (Fsp3) is 0.708. The maximum atomic E-state index is 13.4. The highest BCUT2D eigenvalue weighted by Gasteiger charge is 2.60. The molecule has 1 aromatic rings. The average Bonchev–Trinajstić information content (AvgIpc) is 2.80. The smallest absolute Gasteiger partial charge is 0.426 e. The van der Waals surface area contributed by atoms with Gasteiger partial charge >= 0.3 is 24.6 Å². The molecule has 2 aliphatic heterocycles. The molecule has 0 radical (unpaired) electrons. The molecule has 2 heterocycles. The molecule has 0 atom stereocenters. The predicted octanol–water partition coefficient (Wildman–Crippen LogP) is 6.52. The van der Waals surface area contributed by atoms with Crippen molar-refractivity contribution >= 4 is 11.8 Å². The summed E-state index contributed by atoms with van der Waals surface area (Å²) in [4.78, 5) is 14.7. The van der Waals surface area contributed by atoms with Gasteiger partial charge in [-0.25, -0.2) is 4.79 Å². The highest BCUT2D eigenvalue weighted by Crippen LogP contribution is 2.37. The minimum absolute atomic E-state index is 0.158. The van der Waals surface area contributed by atoms with E-state index in [1.807, 2.05) is 4.90 Å². The Morgan fingerprint density at radius 2 is 1.55 bits per heavy atom. The maximum Gasteiger partial charge on any atom is 0.434 e. The van der Waals surface area contributed by atoms with Gasteiger partial charge < -0.3 is 19.9 Å². The van der Waals surface area contributed by atoms with Crippen LogP contribution >= 0.6 is 0 Å². The van der Waals surface area contributed by atoms with Gasteiger partial charge in [-0.15, -0.1) is 0 Å². The number of carbonyl (C=O) groups is 1. The summed E-state index contributed by atoms with van der Waals surface area (Å²) >= 11 is 0. The summed E-state index contributed by atoms with van der Waals surface area (Å²) in [5.41, 5.74) is -0.326. The van der Waals surface area contributed by atoms with E-state index in [1.165, 1.54) is 6.07 Å². The number of benzene rings is 1. The SMILES string of the molecule is CC1CCN(c2cc(C(F)(F)F)ccc2CNC2(C)CCN(C(=O)OC(C(F)(F)F)C(F)(F)F)CC2)CC1. The van der Waals surface area contributed by atoms with Crippen LogP contribution in [0.5, 0.6) is 0 Å². The number of likely N-dealkylation sites (tertiary alicyclic amines) is 1. The van der Waals surface area contributed by atoms with E-state index in [-0.39, 0.29) is 32.5 Å². The topological polar surface area (TPSA) is 44.8 Å². The molecule has 2 saturated heterocycles. The number of nitrogens with one attached hydrogen (secondary N) is 1. The molecule has 0 unspecified atom stereocenters. The lowest BCUT2D eigenvalue weighted by molar-refractivity contribution is -0.308. The third kappa shape index (κ3) is 7.60. The standard InChI is InChI=1S/C24H30F9N3O2/c1-15-5-9-35(10-6-15)18-13-17(22(25,26)27)4-3-16(18)14-34-21(2)7-11-36(12-8-21)20(37)38-19(23(28,29)30)24(31,32)33/h3-4,13,15,19,34H,5-12,14H2,1-2H3. The van der Waals surface area contributed by atoms with E-state index in [9.17, 15) is 44.3 Å². The number of piperidine rings is 2. The zero-order valence-corrected chi connectivity index (χ0v) is 20.9. The summed E-state index contributed by atoms with van der Waals surface area (Å²) in [6.07, 6.45) is -20.0. The Labute approximate surface area is 214 Å². The van der Waals surface area contributed by atoms with Gasteiger partial charge in [0.15, 0.2) is 0 Å². The van der Waals surface area contributed by atoms with E-state index >= 15 is 0 Å². The maximum absolute atomic E-state index is 13.4. The van der Waals surface area contributed by atoms with E-state index in [0.717, 1.165) is 29.9 Å². The lowest BCUT2D eigenvalue weighted by Gasteiger charge is -2.40. The van der Waals surface area contributed by atoms with Crippen molar-refractivity contribution in [3.8, 4) is 0 Å². The molecule has 5 nitrogen and oxygen atoms in total. The van der Waals surface area contributed by atoms with Gasteiger partial charge in [0.25, 0.3) is 6.10 Å². The normalized spacial score (nSPS) is 19.7. The van der Waals surface area contributed by atoms with Gasteiger partial charge in [-0.1, -0.05) is 13.0 Å². The number of ether oxygens (including phenoxy) is 1. The van der Waals surface area contributed by atoms with Gasteiger partial charge in [-0.3, -0.25) is 0 Å². The first-order valence-corrected chi connectivity index (χ1v) is 12.2. The van der Waals surface area contributed by atoms with Gasteiger partial charge in [0.05, 0.1) is 5.56 Å². The fourth-order valence-corrected chi connectivity index (χ4v) is 4.60. The molecule has 216 valence electrons. The predicted molar refractivity (Wildman–Crippen MR) is 120 cm³/mol. The molecule has 38 heavy (non-hydrogen) atoms. The lowest BCUT2D eigenvalue weighted by Crippen LogP contribution is -2.54. The van der Waals surface area contributed by atoms with E-state index in [4.69, 9.17) is 0 Å². The second kappa shape index (κ2) is 11.0. The number of alkyl halides is 9. The van der Waals surface area contributed by atoms with Gasteiger partial charge in [0.1, 0.15) is 0 Å². The van der Waals surface area contributed by atoms with Crippen molar-refractivity contribution in [2.75, 3.05) is 31.1 Å². The van der Waals surface area contributed by atoms with Crippen molar-refractivity contribution in [2.45, 2.75) is 76.2 Å². The molecule has 0 bridgehead atoms. The first-order chi connectivity index (χ1) is 17.4. The van der Waals surface area contributed by atoms with Gasteiger partial charge in [0, 0.05) is 44.0 Å². The third-order valence-electron chi connectivity index (χ3n) is 7.18. The Morgan fingerprint density at radius 1 is 1.00 bits per heavy atom. The van der Waals surface area contributed by atoms with Gasteiger partial charge in [-0.2, -0.15) is 39.5 Å². The Hall–Kier alpha value is -2.38. The first-order valence-electron chi connectivity index (χ1n) is 12.2. The van der Waals surface area contributed by atoms with Crippen molar-refractivity contribution in [2.24, 2.45) is 5.92 Å². The van der Waals surface area contributed by atoms with Crippen molar-refractivity contribution in [1.29, 1.82) is 0 Å². The highest BCUT2D eigenvalue weighted by molar-refractivity contribution is 5.68. The number of hydrogen-bond donors (Lipinski definition) is 1. The lowest BCUT2D eigenvalue weighted by atomic mass is 9.89. The summed E-state index contributed by atoms with van der Waals surface area (Å²) in [5.74, 6) is 0.469. The summed E-state index contributed by atoms with van der Waals surface area (Å²) in [6, 6.07) is 3.55. The summed E-state index contributed by atoms with van der Waals surface area (Å²) in [6.45, 7) is 4.95. The molecular weight excluding hydrogens is 533 g/mol. The molecular formula is C24H30F9N3O2. The second-order valence-corrected chi connectivity index (χ2v) is 10.3. The number of rotatable bonds is 5. The minimum Gasteiger partial charge on any atom is -0.426 e. The molecule has 0 spiro atoms. The van der Waals surface area contributed by atoms with Crippen LogP contribution in [0.1, 0.15) is 50.7 Å². The van der Waals surface area contributed by atoms with E-state index in [0.29, 0.717) is 30.3 Å². The monoisotopic (exact) mass is 563 g/mol. The zero-order chi connectivity index (χ0) is 28.5. The molecule has 3 rings (SSSR count). The van der Waals surface area contributed by atoms with Crippen LogP contribution in [0.3, 0.4) is 0 Å². The highest BCUT2D eigenvalue weighted by atomic mass is 19.4. The van der Waals surface area contributed by atoms with Gasteiger partial charge in [-0.05, 0) is 56.2 Å². The number of nitrogens with zero attached hydrogens (tertiary/aromatic N) is 2. The molecule has 1 aromatic carbocycles. The summed E-state index contributed by atoms with van der Waals surface area (Å²) in [7, 11) is 0. The molecule has 14 heteroatoms. The quantitative estimate of drug-likeness (QED) is 0.415. The van der Waals surface area contributed by atoms with Crippen LogP contribution in [0.15, 0.2) is 18.2 Å². The van der Waals surface area contributed by atoms with Crippen molar-refractivity contribution < 1.29 is 49.0 Å². The molecule has 0 aromatic heterocycles. The van der Waals surface area contributed by atoms with Crippen LogP contribution in [0, 0.1) is 5.92 Å². The van der Waals surface area contributed by atoms with E-state index in [2.05, 4.69) is 17.0 Å². The fourth-order valence-electron chi connectivity index (χ4n) is 4.60. The zero-order valence-electron chi connectivity index (χ0n) is 20.9. The van der Waals surface area contributed by atoms with Crippen LogP contribution in [0.4, 0.5) is 50.0 Å². The first kappa shape index (κ1) is 30.2. The number of amides is 1. The Kier molecular flexibility index (Phi) is 8.74. The Balaban J connectivity index is 1.65. The number of carbonyl (C=O) groups excluding carboxylic acids is 1. The number of hydrogen-bond acceptors (Lipinski definition) is 4. The average molecular weight is 564 g/mol. The largest absolute Gasteiger partial charge is 0.434 e. The van der Waals surface area contributed by atoms with E-state index < -0.39 is 41.8 Å². The van der Waals surface area contributed by atoms with Crippen LogP contribution in [-0.4, -0.2) is 61.2 Å². The van der Waals surface area contributed by atoms with Crippen LogP contribution < -0.4 is 10.2 Å². The number of anilines is 1. The molecule has 2 aliphatic rings. The molecule has 1 N–H and O–H groups in total. The summed E-state index contributed by atoms with van der Waals surface area (Å²) < 4.78 is 120. The van der Waals surface area contributed by atoms with Crippen molar-refractivity contribution in [1.82, 2.24) is 10.2 Å².